The van der Waals surface area contributed by atoms with Crippen LogP contribution in [0.15, 0.2) is 41.5 Å². The Labute approximate surface area is 162 Å². The lowest BCUT2D eigenvalue weighted by atomic mass is 10.2. The average Bonchev–Trinajstić information content (AvgIpc) is 3.01. The Kier molecular flexibility index (Phi) is 5.19. The Morgan fingerprint density at radius 1 is 1.41 bits per heavy atom. The van der Waals surface area contributed by atoms with Crippen LogP contribution in [0.3, 0.4) is 0 Å². The molecule has 1 heterocycles. The van der Waals surface area contributed by atoms with E-state index in [0.717, 1.165) is 6.07 Å². The average molecular weight is 405 g/mol. The molecule has 138 valence electrons. The van der Waals surface area contributed by atoms with Gasteiger partial charge in [-0.25, -0.2) is 5.10 Å². The second-order valence-corrected chi connectivity index (χ2v) is 6.01. The lowest BCUT2D eigenvalue weighted by Crippen LogP contribution is -2.02. The number of ether oxygens (including phenoxy) is 1. The van der Waals surface area contributed by atoms with Gasteiger partial charge in [-0.2, -0.15) is 14.9 Å². The number of nitrogens with zero attached hydrogens (tertiary/aromatic N) is 4. The number of methoxy groups -OCH3 is 1. The number of nitrogens with one attached hydrogen (secondary N) is 1. The minimum absolute atomic E-state index is 0.159. The van der Waals surface area contributed by atoms with Crippen LogP contribution in [0.4, 0.5) is 5.69 Å². The summed E-state index contributed by atoms with van der Waals surface area (Å²) in [6, 6.07) is 9.46. The summed E-state index contributed by atoms with van der Waals surface area (Å²) in [6.07, 6.45) is 1.31. The predicted molar refractivity (Wildman–Crippen MR) is 99.9 cm³/mol. The normalized spacial score (nSPS) is 11.0. The fourth-order valence-corrected chi connectivity index (χ4v) is 2.71. The van der Waals surface area contributed by atoms with Gasteiger partial charge in [-0.1, -0.05) is 23.7 Å². The van der Waals surface area contributed by atoms with Crippen molar-refractivity contribution in [1.82, 2.24) is 14.9 Å². The smallest absolute Gasteiger partial charge is 0.266 e. The highest BCUT2D eigenvalue weighted by Crippen LogP contribution is 2.34. The Bertz CT molecular complexity index is 1110. The van der Waals surface area contributed by atoms with Crippen LogP contribution in [0.1, 0.15) is 5.56 Å². The van der Waals surface area contributed by atoms with Crippen molar-refractivity contribution in [2.75, 3.05) is 7.11 Å². The van der Waals surface area contributed by atoms with Gasteiger partial charge in [0.2, 0.25) is 4.77 Å². The summed E-state index contributed by atoms with van der Waals surface area (Å²) in [5.41, 5.74) is 0.270. The molecule has 27 heavy (non-hydrogen) atoms. The van der Waals surface area contributed by atoms with Crippen LogP contribution in [0.5, 0.6) is 11.5 Å². The first-order chi connectivity index (χ1) is 12.9. The highest BCUT2D eigenvalue weighted by Gasteiger charge is 2.14. The summed E-state index contributed by atoms with van der Waals surface area (Å²) in [5, 5.41) is 34.4. The van der Waals surface area contributed by atoms with Crippen molar-refractivity contribution in [3.8, 4) is 22.9 Å². The monoisotopic (exact) mass is 404 g/mol. The van der Waals surface area contributed by atoms with Crippen molar-refractivity contribution in [1.29, 1.82) is 0 Å². The van der Waals surface area contributed by atoms with E-state index in [-0.39, 0.29) is 16.1 Å². The van der Waals surface area contributed by atoms with Gasteiger partial charge in [0.05, 0.1) is 23.3 Å². The number of nitro groups is 1. The molecule has 1 N–H and O–H groups in total. The number of rotatable bonds is 5. The molecule has 9 nitrogen and oxygen atoms in total. The van der Waals surface area contributed by atoms with Crippen LogP contribution < -0.4 is 9.84 Å². The molecular weight excluding hydrogens is 394 g/mol. The van der Waals surface area contributed by atoms with Gasteiger partial charge in [-0.15, -0.1) is 0 Å². The van der Waals surface area contributed by atoms with E-state index in [9.17, 15) is 15.2 Å². The number of benzene rings is 2. The second-order valence-electron chi connectivity index (χ2n) is 5.22. The summed E-state index contributed by atoms with van der Waals surface area (Å²) in [5.74, 6) is -0.604. The van der Waals surface area contributed by atoms with Crippen LogP contribution in [0, 0.1) is 14.9 Å². The van der Waals surface area contributed by atoms with E-state index in [4.69, 9.17) is 28.6 Å². The Morgan fingerprint density at radius 3 is 2.81 bits per heavy atom. The number of hydrogen-bond donors (Lipinski definition) is 1. The molecule has 0 aliphatic carbocycles. The molecule has 0 fully saturated rings. The minimum atomic E-state index is -0.809. The Balaban J connectivity index is 2.07. The number of nitro benzene ring substituents is 1. The third-order valence-electron chi connectivity index (χ3n) is 3.56. The van der Waals surface area contributed by atoms with Crippen LogP contribution in [-0.2, 0) is 0 Å². The molecule has 0 spiro atoms. The second kappa shape index (κ2) is 7.56. The molecule has 0 saturated carbocycles. The van der Waals surface area contributed by atoms with Crippen LogP contribution >= 0.6 is 23.8 Å². The van der Waals surface area contributed by atoms with E-state index in [1.807, 2.05) is 0 Å². The standard InChI is InChI=1S/C16H12ClN5O4S/c1-26-13-7-9(6-12(14(13)23)22(24)25)8-18-21-15(19-20-16(21)27)10-4-2-3-5-11(10)17/h2-8,23H,1H3,(H,20,27)/p-1/b18-8-. The third kappa shape index (κ3) is 3.66. The molecule has 0 aliphatic heterocycles. The quantitative estimate of drug-likeness (QED) is 0.302. The van der Waals surface area contributed by atoms with Crippen LogP contribution in [0.2, 0.25) is 5.02 Å². The molecule has 0 radical (unpaired) electrons. The fourth-order valence-electron chi connectivity index (χ4n) is 2.31. The van der Waals surface area contributed by atoms with E-state index in [0.29, 0.717) is 16.4 Å². The topological polar surface area (TPSA) is 121 Å². The summed E-state index contributed by atoms with van der Waals surface area (Å²) in [6.45, 7) is 0. The van der Waals surface area contributed by atoms with Gasteiger partial charge in [0.1, 0.15) is 5.75 Å². The fraction of sp³-hybridized carbons (Fsp3) is 0.0625. The predicted octanol–water partition coefficient (Wildman–Crippen LogP) is 3.13. The molecule has 0 unspecified atom stereocenters. The summed E-state index contributed by atoms with van der Waals surface area (Å²) >= 11 is 11.4. The van der Waals surface area contributed by atoms with E-state index in [2.05, 4.69) is 15.3 Å². The van der Waals surface area contributed by atoms with E-state index in [1.165, 1.54) is 24.1 Å². The molecular formula is C16H11ClN5O4S-. The zero-order valence-corrected chi connectivity index (χ0v) is 15.3. The summed E-state index contributed by atoms with van der Waals surface area (Å²) < 4.78 is 6.42. The Hall–Kier alpha value is -3.24. The zero-order valence-electron chi connectivity index (χ0n) is 13.7. The van der Waals surface area contributed by atoms with Crippen molar-refractivity contribution in [3.05, 3.63) is 61.9 Å². The van der Waals surface area contributed by atoms with Gasteiger partial charge >= 0.3 is 0 Å². The van der Waals surface area contributed by atoms with Crippen molar-refractivity contribution in [3.63, 3.8) is 0 Å². The minimum Gasteiger partial charge on any atom is -0.865 e. The van der Waals surface area contributed by atoms with Gasteiger partial charge < -0.3 is 9.84 Å². The van der Waals surface area contributed by atoms with E-state index >= 15 is 0 Å². The number of aromatic amines is 1. The highest BCUT2D eigenvalue weighted by atomic mass is 35.5. The molecule has 11 heteroatoms. The third-order valence-corrected chi connectivity index (χ3v) is 4.16. The molecule has 0 bridgehead atoms. The lowest BCUT2D eigenvalue weighted by molar-refractivity contribution is -0.398. The van der Waals surface area contributed by atoms with Crippen molar-refractivity contribution < 1.29 is 14.8 Å². The van der Waals surface area contributed by atoms with Gasteiger partial charge in [0, 0.05) is 22.9 Å². The number of halogens is 1. The first-order valence-electron chi connectivity index (χ1n) is 7.42. The van der Waals surface area contributed by atoms with E-state index < -0.39 is 16.4 Å². The van der Waals surface area contributed by atoms with Crippen LogP contribution in [0.25, 0.3) is 11.4 Å². The highest BCUT2D eigenvalue weighted by molar-refractivity contribution is 7.71. The zero-order chi connectivity index (χ0) is 19.6. The SMILES string of the molecule is COc1cc(/C=N\n2c(-c3ccccc3Cl)n[nH]c2=S)cc([N+](=O)[O-])c1[O-]. The van der Waals surface area contributed by atoms with Crippen molar-refractivity contribution >= 4 is 35.7 Å². The van der Waals surface area contributed by atoms with E-state index in [1.54, 1.807) is 24.3 Å². The maximum absolute atomic E-state index is 11.9. The van der Waals surface area contributed by atoms with Crippen LogP contribution in [-0.4, -0.2) is 33.1 Å². The molecule has 0 saturated heterocycles. The Morgan fingerprint density at radius 2 is 2.15 bits per heavy atom. The van der Waals surface area contributed by atoms with Gasteiger partial charge in [-0.3, -0.25) is 10.1 Å². The molecule has 0 amide bonds. The molecule has 3 aromatic rings. The summed E-state index contributed by atoms with van der Waals surface area (Å²) in [7, 11) is 1.25. The maximum Gasteiger partial charge on any atom is 0.266 e. The molecule has 3 rings (SSSR count). The summed E-state index contributed by atoms with van der Waals surface area (Å²) in [4.78, 5) is 10.3. The molecule has 0 atom stereocenters. The first kappa shape index (κ1) is 18.5. The van der Waals surface area contributed by atoms with Gasteiger partial charge in [0.25, 0.3) is 5.69 Å². The molecule has 2 aromatic carbocycles. The largest absolute Gasteiger partial charge is 0.865 e. The number of H-pyrrole nitrogens is 1. The van der Waals surface area contributed by atoms with Gasteiger partial charge in [-0.05, 0) is 30.4 Å². The number of aromatic nitrogens is 3. The molecule has 1 aromatic heterocycles. The van der Waals surface area contributed by atoms with Gasteiger partial charge in [0.15, 0.2) is 5.82 Å². The molecule has 0 aliphatic rings. The first-order valence-corrected chi connectivity index (χ1v) is 8.21. The number of hydrogen-bond acceptors (Lipinski definition) is 7. The maximum atomic E-state index is 11.9. The van der Waals surface area contributed by atoms with Crippen molar-refractivity contribution in [2.24, 2.45) is 5.10 Å². The lowest BCUT2D eigenvalue weighted by Gasteiger charge is -2.13. The van der Waals surface area contributed by atoms with Crippen molar-refractivity contribution in [2.45, 2.75) is 0 Å².